The fourth-order valence-electron chi connectivity index (χ4n) is 3.99. The molecule has 1 unspecified atom stereocenters. The van der Waals surface area contributed by atoms with Gasteiger partial charge in [-0.2, -0.15) is 0 Å². The first kappa shape index (κ1) is 26.4. The average molecular weight is 500 g/mol. The van der Waals surface area contributed by atoms with Gasteiger partial charge in [0.2, 0.25) is 5.91 Å². The number of fused-ring (bicyclic) bond motifs is 1. The Morgan fingerprint density at radius 1 is 1.09 bits per heavy atom. The van der Waals surface area contributed by atoms with Crippen LogP contribution in [0.5, 0.6) is 0 Å². The zero-order valence-electron chi connectivity index (χ0n) is 20.2. The van der Waals surface area contributed by atoms with E-state index in [2.05, 4.69) is 0 Å². The second-order valence-electron chi connectivity index (χ2n) is 7.91. The Morgan fingerprint density at radius 2 is 1.80 bits per heavy atom. The molecule has 186 valence electrons. The van der Waals surface area contributed by atoms with E-state index in [1.807, 2.05) is 13.0 Å². The summed E-state index contributed by atoms with van der Waals surface area (Å²) in [5.41, 5.74) is 0.899. The summed E-state index contributed by atoms with van der Waals surface area (Å²) in [7, 11) is 1.56. The summed E-state index contributed by atoms with van der Waals surface area (Å²) in [4.78, 5) is 45.3. The maximum Gasteiger partial charge on any atom is 0.306 e. The molecule has 3 aromatic rings. The maximum atomic E-state index is 13.6. The Balaban J connectivity index is 2.13. The summed E-state index contributed by atoms with van der Waals surface area (Å²) < 4.78 is 11.8. The van der Waals surface area contributed by atoms with Crippen molar-refractivity contribution in [2.75, 3.05) is 26.9 Å². The van der Waals surface area contributed by atoms with Crippen molar-refractivity contribution in [2.24, 2.45) is 0 Å². The van der Waals surface area contributed by atoms with Crippen molar-refractivity contribution in [3.05, 3.63) is 69.7 Å². The zero-order valence-corrected chi connectivity index (χ0v) is 21.0. The number of para-hydroxylation sites is 1. The number of aromatic nitrogens is 2. The highest BCUT2D eigenvalue weighted by Gasteiger charge is 2.29. The van der Waals surface area contributed by atoms with Gasteiger partial charge in [-0.25, -0.2) is 4.98 Å². The number of amides is 1. The number of carbonyl (C=O) groups is 2. The van der Waals surface area contributed by atoms with Crippen LogP contribution in [-0.2, 0) is 19.1 Å². The van der Waals surface area contributed by atoms with E-state index in [-0.39, 0.29) is 37.5 Å². The first-order valence-electron chi connectivity index (χ1n) is 11.6. The number of rotatable bonds is 11. The van der Waals surface area contributed by atoms with E-state index >= 15 is 0 Å². The molecule has 0 aliphatic heterocycles. The van der Waals surface area contributed by atoms with Crippen LogP contribution in [0.2, 0.25) is 5.02 Å². The van der Waals surface area contributed by atoms with Gasteiger partial charge in [0, 0.05) is 25.1 Å². The Bertz CT molecular complexity index is 1230. The molecule has 2 aromatic carbocycles. The number of halogens is 1. The lowest BCUT2D eigenvalue weighted by Crippen LogP contribution is -2.40. The van der Waals surface area contributed by atoms with E-state index in [1.54, 1.807) is 61.4 Å². The van der Waals surface area contributed by atoms with E-state index in [4.69, 9.17) is 26.1 Å². The number of ether oxygens (including phenoxy) is 2. The van der Waals surface area contributed by atoms with E-state index in [0.29, 0.717) is 40.5 Å². The maximum absolute atomic E-state index is 13.6. The van der Waals surface area contributed by atoms with Crippen LogP contribution in [0.25, 0.3) is 16.6 Å². The quantitative estimate of drug-likeness (QED) is 0.365. The fourth-order valence-corrected chi connectivity index (χ4v) is 4.11. The van der Waals surface area contributed by atoms with Crippen LogP contribution in [-0.4, -0.2) is 53.2 Å². The third kappa shape index (κ3) is 6.26. The van der Waals surface area contributed by atoms with E-state index in [9.17, 15) is 14.4 Å². The summed E-state index contributed by atoms with van der Waals surface area (Å²) in [5, 5.41) is 1.01. The van der Waals surface area contributed by atoms with Crippen LogP contribution in [0.3, 0.4) is 0 Å². The molecule has 1 heterocycles. The predicted molar refractivity (Wildman–Crippen MR) is 135 cm³/mol. The molecule has 8 nitrogen and oxygen atoms in total. The Kier molecular flexibility index (Phi) is 9.39. The predicted octanol–water partition coefficient (Wildman–Crippen LogP) is 4.31. The van der Waals surface area contributed by atoms with Gasteiger partial charge < -0.3 is 14.4 Å². The highest BCUT2D eigenvalue weighted by atomic mass is 35.5. The van der Waals surface area contributed by atoms with Gasteiger partial charge in [0.05, 0.1) is 42.3 Å². The molecule has 0 radical (unpaired) electrons. The largest absolute Gasteiger partial charge is 0.466 e. The third-order valence-corrected chi connectivity index (χ3v) is 5.90. The third-order valence-electron chi connectivity index (χ3n) is 5.65. The molecule has 0 aliphatic rings. The van der Waals surface area contributed by atoms with Gasteiger partial charge in [0.15, 0.2) is 0 Å². The summed E-state index contributed by atoms with van der Waals surface area (Å²) in [6, 6.07) is 13.5. The number of hydrogen-bond acceptors (Lipinski definition) is 6. The lowest BCUT2D eigenvalue weighted by atomic mass is 10.1. The van der Waals surface area contributed by atoms with Crippen LogP contribution in [0.15, 0.2) is 53.3 Å². The van der Waals surface area contributed by atoms with E-state index in [0.717, 1.165) is 0 Å². The van der Waals surface area contributed by atoms with Gasteiger partial charge in [-0.15, -0.1) is 0 Å². The molecule has 0 saturated carbocycles. The molecule has 1 amide bonds. The first-order valence-corrected chi connectivity index (χ1v) is 12.0. The van der Waals surface area contributed by atoms with Crippen molar-refractivity contribution in [1.82, 2.24) is 14.5 Å². The smallest absolute Gasteiger partial charge is 0.306 e. The molecule has 0 N–H and O–H groups in total. The minimum atomic E-state index is -0.534. The number of benzene rings is 2. The molecular weight excluding hydrogens is 470 g/mol. The highest BCUT2D eigenvalue weighted by molar-refractivity contribution is 6.30. The van der Waals surface area contributed by atoms with Crippen molar-refractivity contribution in [3.63, 3.8) is 0 Å². The van der Waals surface area contributed by atoms with Crippen molar-refractivity contribution in [3.8, 4) is 5.69 Å². The van der Waals surface area contributed by atoms with Gasteiger partial charge in [-0.3, -0.25) is 19.0 Å². The van der Waals surface area contributed by atoms with Crippen molar-refractivity contribution in [2.45, 2.75) is 39.2 Å². The van der Waals surface area contributed by atoms with E-state index in [1.165, 1.54) is 4.57 Å². The Labute approximate surface area is 209 Å². The zero-order chi connectivity index (χ0) is 25.4. The number of methoxy groups -OCH3 is 1. The van der Waals surface area contributed by atoms with Gasteiger partial charge in [-0.1, -0.05) is 30.7 Å². The lowest BCUT2D eigenvalue weighted by molar-refractivity contribution is -0.146. The molecule has 0 spiro atoms. The van der Waals surface area contributed by atoms with Crippen LogP contribution in [0, 0.1) is 0 Å². The van der Waals surface area contributed by atoms with Crippen molar-refractivity contribution in [1.29, 1.82) is 0 Å². The fraction of sp³-hybridized carbons (Fsp3) is 0.385. The molecule has 1 aromatic heterocycles. The minimum absolute atomic E-state index is 0.0161. The molecule has 0 fully saturated rings. The first-order chi connectivity index (χ1) is 16.9. The van der Waals surface area contributed by atoms with Gasteiger partial charge in [-0.05, 0) is 49.7 Å². The summed E-state index contributed by atoms with van der Waals surface area (Å²) in [6.45, 7) is 4.47. The monoisotopic (exact) mass is 499 g/mol. The molecular formula is C26H30ClN3O5. The van der Waals surface area contributed by atoms with Gasteiger partial charge >= 0.3 is 5.97 Å². The SMILES string of the molecule is CCOC(=O)CCC(=O)N(CCOC)C(CC)c1nc2ccccc2c(=O)n1-c1ccc(Cl)cc1. The molecule has 9 heteroatoms. The molecule has 35 heavy (non-hydrogen) atoms. The Hall–Kier alpha value is -3.23. The van der Waals surface area contributed by atoms with Crippen LogP contribution in [0.1, 0.15) is 45.0 Å². The van der Waals surface area contributed by atoms with Crippen LogP contribution >= 0.6 is 11.6 Å². The number of nitrogens with zero attached hydrogens (tertiary/aromatic N) is 3. The highest BCUT2D eigenvalue weighted by Crippen LogP contribution is 2.27. The Morgan fingerprint density at radius 3 is 2.46 bits per heavy atom. The van der Waals surface area contributed by atoms with E-state index < -0.39 is 12.0 Å². The second-order valence-corrected chi connectivity index (χ2v) is 8.35. The standard InChI is InChI=1S/C26H30ClN3O5/c1-4-22(29(16-17-34-3)23(31)14-15-24(32)35-5-2)25-28-21-9-7-6-8-20(21)26(33)30(25)19-12-10-18(27)11-13-19/h6-13,22H,4-5,14-17H2,1-3H3. The van der Waals surface area contributed by atoms with Crippen molar-refractivity contribution < 1.29 is 19.1 Å². The topological polar surface area (TPSA) is 90.7 Å². The molecule has 0 saturated heterocycles. The van der Waals surface area contributed by atoms with Crippen LogP contribution < -0.4 is 5.56 Å². The summed E-state index contributed by atoms with van der Waals surface area (Å²) in [5.74, 6) is -0.242. The molecule has 3 rings (SSSR count). The van der Waals surface area contributed by atoms with Crippen molar-refractivity contribution >= 4 is 34.4 Å². The van der Waals surface area contributed by atoms with Gasteiger partial charge in [0.1, 0.15) is 5.82 Å². The second kappa shape index (κ2) is 12.5. The lowest BCUT2D eigenvalue weighted by Gasteiger charge is -2.32. The number of hydrogen-bond donors (Lipinski definition) is 0. The molecule has 0 bridgehead atoms. The average Bonchev–Trinajstić information content (AvgIpc) is 2.86. The number of carbonyl (C=O) groups excluding carboxylic acids is 2. The summed E-state index contributed by atoms with van der Waals surface area (Å²) >= 11 is 6.09. The summed E-state index contributed by atoms with van der Waals surface area (Å²) in [6.07, 6.45) is 0.451. The molecule has 0 aliphatic carbocycles. The molecule has 1 atom stereocenters. The normalized spacial score (nSPS) is 11.9. The number of esters is 1. The van der Waals surface area contributed by atoms with Crippen LogP contribution in [0.4, 0.5) is 0 Å². The van der Waals surface area contributed by atoms with Gasteiger partial charge in [0.25, 0.3) is 5.56 Å². The minimum Gasteiger partial charge on any atom is -0.466 e.